The minimum Gasteiger partial charge on any atom is -0.444 e. The van der Waals surface area contributed by atoms with Gasteiger partial charge in [-0.3, -0.25) is 10.1 Å². The van der Waals surface area contributed by atoms with E-state index in [2.05, 4.69) is 5.32 Å². The van der Waals surface area contributed by atoms with E-state index in [1.165, 1.54) is 0 Å². The Kier molecular flexibility index (Phi) is 1.73. The first-order chi connectivity index (χ1) is 6.29. The predicted molar refractivity (Wildman–Crippen MR) is 45.6 cm³/mol. The molecular formula is C9H7NO3. The average Bonchev–Trinajstić information content (AvgIpc) is 2.17. The number of benzene rings is 1. The number of carbonyl (C=O) groups is 2. The summed E-state index contributed by atoms with van der Waals surface area (Å²) in [4.78, 5) is 21.2. The van der Waals surface area contributed by atoms with Gasteiger partial charge in [-0.15, -0.1) is 0 Å². The Balaban J connectivity index is 2.42. The molecule has 4 nitrogen and oxygen atoms in total. The molecule has 4 heteroatoms. The normalized spacial score (nSPS) is 14.0. The van der Waals surface area contributed by atoms with Gasteiger partial charge in [0.15, 0.2) is 0 Å². The second-order valence-electron chi connectivity index (χ2n) is 2.74. The number of cyclic esters (lactones) is 1. The number of aldehydes is 1. The molecule has 0 saturated heterocycles. The maximum atomic E-state index is 10.8. The zero-order valence-electron chi connectivity index (χ0n) is 6.74. The Bertz CT molecular complexity index is 373. The number of amides is 1. The van der Waals surface area contributed by atoms with Crippen LogP contribution in [0.4, 0.5) is 10.5 Å². The third-order valence-corrected chi connectivity index (χ3v) is 1.86. The molecule has 1 aromatic rings. The van der Waals surface area contributed by atoms with Crippen LogP contribution in [0.2, 0.25) is 0 Å². The van der Waals surface area contributed by atoms with Crippen LogP contribution in [0.5, 0.6) is 0 Å². The first-order valence-corrected chi connectivity index (χ1v) is 3.81. The van der Waals surface area contributed by atoms with Gasteiger partial charge in [0, 0.05) is 11.1 Å². The van der Waals surface area contributed by atoms with Gasteiger partial charge in [-0.05, 0) is 18.2 Å². The maximum Gasteiger partial charge on any atom is 0.411 e. The van der Waals surface area contributed by atoms with Crippen molar-refractivity contribution < 1.29 is 14.3 Å². The lowest BCUT2D eigenvalue weighted by Gasteiger charge is -2.16. The smallest absolute Gasteiger partial charge is 0.411 e. The molecule has 2 rings (SSSR count). The molecule has 1 N–H and O–H groups in total. The zero-order valence-corrected chi connectivity index (χ0v) is 6.74. The Morgan fingerprint density at radius 1 is 1.46 bits per heavy atom. The molecule has 1 aliphatic rings. The molecule has 0 bridgehead atoms. The third kappa shape index (κ3) is 1.38. The van der Waals surface area contributed by atoms with Crippen LogP contribution in [-0.2, 0) is 11.3 Å². The number of fused-ring (bicyclic) bond motifs is 1. The van der Waals surface area contributed by atoms with Crippen molar-refractivity contribution in [3.8, 4) is 0 Å². The van der Waals surface area contributed by atoms with Gasteiger partial charge in [0.2, 0.25) is 0 Å². The first-order valence-electron chi connectivity index (χ1n) is 3.81. The molecule has 66 valence electrons. The second kappa shape index (κ2) is 2.90. The van der Waals surface area contributed by atoms with Gasteiger partial charge >= 0.3 is 6.09 Å². The van der Waals surface area contributed by atoms with Gasteiger partial charge < -0.3 is 4.74 Å². The van der Waals surface area contributed by atoms with Gasteiger partial charge in [0.25, 0.3) is 0 Å². The van der Waals surface area contributed by atoms with E-state index in [1.807, 2.05) is 0 Å². The van der Waals surface area contributed by atoms with Crippen LogP contribution in [0.1, 0.15) is 15.9 Å². The van der Waals surface area contributed by atoms with E-state index < -0.39 is 6.09 Å². The standard InChI is InChI=1S/C9H7NO3/c11-4-6-1-2-8-7(3-6)5-13-9(12)10-8/h1-4H,5H2,(H,10,12). The lowest BCUT2D eigenvalue weighted by Crippen LogP contribution is -2.20. The molecule has 1 amide bonds. The van der Waals surface area contributed by atoms with Crippen molar-refractivity contribution in [2.45, 2.75) is 6.61 Å². The number of anilines is 1. The van der Waals surface area contributed by atoms with Crippen molar-refractivity contribution in [2.24, 2.45) is 0 Å². The van der Waals surface area contributed by atoms with Crippen LogP contribution in [0, 0.1) is 0 Å². The van der Waals surface area contributed by atoms with Crippen LogP contribution >= 0.6 is 0 Å². The number of hydrogen-bond acceptors (Lipinski definition) is 3. The highest BCUT2D eigenvalue weighted by molar-refractivity contribution is 5.88. The molecule has 0 atom stereocenters. The quantitative estimate of drug-likeness (QED) is 0.662. The van der Waals surface area contributed by atoms with E-state index in [1.54, 1.807) is 18.2 Å². The summed E-state index contributed by atoms with van der Waals surface area (Å²) in [5.74, 6) is 0. The van der Waals surface area contributed by atoms with E-state index in [0.29, 0.717) is 11.3 Å². The fourth-order valence-corrected chi connectivity index (χ4v) is 1.22. The Morgan fingerprint density at radius 2 is 2.31 bits per heavy atom. The van der Waals surface area contributed by atoms with Crippen molar-refractivity contribution in [2.75, 3.05) is 5.32 Å². The Hall–Kier alpha value is -1.84. The fraction of sp³-hybridized carbons (Fsp3) is 0.111. The van der Waals surface area contributed by atoms with E-state index in [4.69, 9.17) is 4.74 Å². The van der Waals surface area contributed by atoms with E-state index in [0.717, 1.165) is 11.8 Å². The Labute approximate surface area is 74.5 Å². The third-order valence-electron chi connectivity index (χ3n) is 1.86. The summed E-state index contributed by atoms with van der Waals surface area (Å²) >= 11 is 0. The topological polar surface area (TPSA) is 55.4 Å². The average molecular weight is 177 g/mol. The molecule has 1 aromatic carbocycles. The first kappa shape index (κ1) is 7.79. The number of nitrogens with one attached hydrogen (secondary N) is 1. The second-order valence-corrected chi connectivity index (χ2v) is 2.74. The molecule has 0 aromatic heterocycles. The molecule has 0 saturated carbocycles. The summed E-state index contributed by atoms with van der Waals surface area (Å²) in [6.45, 7) is 0.225. The lowest BCUT2D eigenvalue weighted by molar-refractivity contribution is 0.112. The van der Waals surface area contributed by atoms with Crippen LogP contribution in [-0.4, -0.2) is 12.4 Å². The molecule has 0 unspecified atom stereocenters. The van der Waals surface area contributed by atoms with Crippen molar-refractivity contribution in [1.29, 1.82) is 0 Å². The summed E-state index contributed by atoms with van der Waals surface area (Å²) in [5.41, 5.74) is 2.12. The molecular weight excluding hydrogens is 170 g/mol. The number of rotatable bonds is 1. The van der Waals surface area contributed by atoms with E-state index in [9.17, 15) is 9.59 Å². The summed E-state index contributed by atoms with van der Waals surface area (Å²) in [6.07, 6.45) is 0.308. The molecule has 0 aliphatic carbocycles. The molecule has 0 fully saturated rings. The highest BCUT2D eigenvalue weighted by Crippen LogP contribution is 2.21. The van der Waals surface area contributed by atoms with E-state index >= 15 is 0 Å². The van der Waals surface area contributed by atoms with E-state index in [-0.39, 0.29) is 6.61 Å². The summed E-state index contributed by atoms with van der Waals surface area (Å²) in [7, 11) is 0. The minimum atomic E-state index is -0.452. The highest BCUT2D eigenvalue weighted by atomic mass is 16.5. The van der Waals surface area contributed by atoms with Gasteiger partial charge in [-0.1, -0.05) is 0 Å². The number of hydrogen-bond donors (Lipinski definition) is 1. The van der Waals surface area contributed by atoms with Crippen LogP contribution in [0.3, 0.4) is 0 Å². The van der Waals surface area contributed by atoms with Crippen LogP contribution in [0.25, 0.3) is 0 Å². The van der Waals surface area contributed by atoms with Crippen molar-refractivity contribution >= 4 is 18.1 Å². The molecule has 1 aliphatic heterocycles. The molecule has 0 radical (unpaired) electrons. The highest BCUT2D eigenvalue weighted by Gasteiger charge is 2.14. The number of carbonyl (C=O) groups excluding carboxylic acids is 2. The monoisotopic (exact) mass is 177 g/mol. The van der Waals surface area contributed by atoms with Gasteiger partial charge in [0.05, 0.1) is 5.69 Å². The van der Waals surface area contributed by atoms with Gasteiger partial charge in [-0.25, -0.2) is 4.79 Å². The van der Waals surface area contributed by atoms with Crippen LogP contribution < -0.4 is 5.32 Å². The van der Waals surface area contributed by atoms with Gasteiger partial charge in [0.1, 0.15) is 12.9 Å². The summed E-state index contributed by atoms with van der Waals surface area (Å²) in [6, 6.07) is 5.04. The minimum absolute atomic E-state index is 0.225. The summed E-state index contributed by atoms with van der Waals surface area (Å²) in [5, 5.41) is 2.53. The van der Waals surface area contributed by atoms with Crippen LogP contribution in [0.15, 0.2) is 18.2 Å². The zero-order chi connectivity index (χ0) is 9.26. The van der Waals surface area contributed by atoms with Crippen molar-refractivity contribution in [1.82, 2.24) is 0 Å². The number of ether oxygens (including phenoxy) is 1. The lowest BCUT2D eigenvalue weighted by atomic mass is 10.1. The Morgan fingerprint density at radius 3 is 3.08 bits per heavy atom. The SMILES string of the molecule is O=Cc1ccc2c(c1)COC(=O)N2. The van der Waals surface area contributed by atoms with Crippen molar-refractivity contribution in [3.05, 3.63) is 29.3 Å². The molecule has 0 spiro atoms. The predicted octanol–water partition coefficient (Wildman–Crippen LogP) is 1.56. The van der Waals surface area contributed by atoms with Gasteiger partial charge in [-0.2, -0.15) is 0 Å². The largest absolute Gasteiger partial charge is 0.444 e. The van der Waals surface area contributed by atoms with Crippen molar-refractivity contribution in [3.63, 3.8) is 0 Å². The maximum absolute atomic E-state index is 10.8. The fourth-order valence-electron chi connectivity index (χ4n) is 1.22. The molecule has 13 heavy (non-hydrogen) atoms. The molecule has 1 heterocycles. The summed E-state index contributed by atoms with van der Waals surface area (Å²) < 4.78 is 4.74.